The van der Waals surface area contributed by atoms with Crippen molar-refractivity contribution in [3.63, 3.8) is 0 Å². The van der Waals surface area contributed by atoms with Gasteiger partial charge in [-0.2, -0.15) is 5.10 Å². The number of aromatic carboxylic acids is 1. The lowest BCUT2D eigenvalue weighted by Crippen LogP contribution is -2.29. The van der Waals surface area contributed by atoms with Crippen molar-refractivity contribution in [2.75, 3.05) is 5.32 Å². The van der Waals surface area contributed by atoms with E-state index in [1.54, 1.807) is 7.05 Å². The Hall–Kier alpha value is -2.61. The van der Waals surface area contributed by atoms with E-state index in [0.717, 1.165) is 0 Å². The van der Waals surface area contributed by atoms with Crippen molar-refractivity contribution in [1.29, 1.82) is 0 Å². The molecule has 0 saturated heterocycles. The summed E-state index contributed by atoms with van der Waals surface area (Å²) in [5.74, 6) is -0.735. The molecule has 9 heteroatoms. The van der Waals surface area contributed by atoms with Gasteiger partial charge in [0.15, 0.2) is 5.82 Å². The molecule has 2 rings (SSSR count). The predicted octanol–water partition coefficient (Wildman–Crippen LogP) is 1.49. The van der Waals surface area contributed by atoms with Gasteiger partial charge >= 0.3 is 12.0 Å². The molecule has 8 nitrogen and oxygen atoms in total. The van der Waals surface area contributed by atoms with Crippen LogP contribution in [0.15, 0.2) is 24.5 Å². The number of carbonyl (C=O) groups is 2. The minimum atomic E-state index is -1.18. The molecule has 0 saturated carbocycles. The summed E-state index contributed by atoms with van der Waals surface area (Å²) in [6.45, 7) is 0.128. The zero-order valence-electron chi connectivity index (χ0n) is 11.0. The van der Waals surface area contributed by atoms with Gasteiger partial charge in [0, 0.05) is 12.1 Å². The van der Waals surface area contributed by atoms with Crippen LogP contribution in [-0.2, 0) is 13.6 Å². The minimum Gasteiger partial charge on any atom is -0.478 e. The Kier molecular flexibility index (Phi) is 4.39. The van der Waals surface area contributed by atoms with Crippen LogP contribution in [0.1, 0.15) is 16.2 Å². The van der Waals surface area contributed by atoms with E-state index in [-0.39, 0.29) is 22.8 Å². The molecule has 1 heterocycles. The Bertz CT molecular complexity index is 685. The smallest absolute Gasteiger partial charge is 0.337 e. The average molecular weight is 310 g/mol. The molecule has 0 aliphatic heterocycles. The molecule has 0 atom stereocenters. The second-order valence-electron chi connectivity index (χ2n) is 4.14. The van der Waals surface area contributed by atoms with Crippen molar-refractivity contribution in [3.8, 4) is 0 Å². The Morgan fingerprint density at radius 3 is 2.81 bits per heavy atom. The zero-order chi connectivity index (χ0) is 15.4. The topological polar surface area (TPSA) is 109 Å². The molecule has 3 N–H and O–H groups in total. The third-order valence-electron chi connectivity index (χ3n) is 2.51. The van der Waals surface area contributed by atoms with E-state index in [2.05, 4.69) is 20.7 Å². The van der Waals surface area contributed by atoms with Crippen LogP contribution >= 0.6 is 11.6 Å². The first kappa shape index (κ1) is 14.8. The number of benzene rings is 1. The fraction of sp³-hybridized carbons (Fsp3) is 0.167. The highest BCUT2D eigenvalue weighted by atomic mass is 35.5. The molecule has 0 unspecified atom stereocenters. The second kappa shape index (κ2) is 6.23. The van der Waals surface area contributed by atoms with E-state index >= 15 is 0 Å². The van der Waals surface area contributed by atoms with Crippen LogP contribution in [0.2, 0.25) is 5.02 Å². The number of aromatic nitrogens is 3. The molecule has 2 amide bonds. The van der Waals surface area contributed by atoms with Crippen molar-refractivity contribution in [1.82, 2.24) is 20.1 Å². The average Bonchev–Trinajstić information content (AvgIpc) is 2.84. The second-order valence-corrected chi connectivity index (χ2v) is 4.57. The summed E-state index contributed by atoms with van der Waals surface area (Å²) in [7, 11) is 1.71. The monoisotopic (exact) mass is 309 g/mol. The van der Waals surface area contributed by atoms with Crippen LogP contribution in [0.4, 0.5) is 10.5 Å². The van der Waals surface area contributed by atoms with Gasteiger partial charge in [0.2, 0.25) is 0 Å². The molecule has 21 heavy (non-hydrogen) atoms. The summed E-state index contributed by atoms with van der Waals surface area (Å²) in [4.78, 5) is 26.8. The zero-order valence-corrected chi connectivity index (χ0v) is 11.8. The van der Waals surface area contributed by atoms with E-state index in [1.807, 2.05) is 0 Å². The Morgan fingerprint density at radius 1 is 1.43 bits per heavy atom. The fourth-order valence-electron chi connectivity index (χ4n) is 1.59. The van der Waals surface area contributed by atoms with Gasteiger partial charge in [-0.1, -0.05) is 11.6 Å². The van der Waals surface area contributed by atoms with Gasteiger partial charge in [-0.25, -0.2) is 14.6 Å². The molecule has 0 aliphatic rings. The van der Waals surface area contributed by atoms with Gasteiger partial charge in [0.05, 0.1) is 17.8 Å². The SMILES string of the molecule is Cn1cnc(CNC(=O)Nc2ccc(Cl)cc2C(=O)O)n1. The van der Waals surface area contributed by atoms with Crippen LogP contribution < -0.4 is 10.6 Å². The van der Waals surface area contributed by atoms with Crippen molar-refractivity contribution in [2.24, 2.45) is 7.05 Å². The highest BCUT2D eigenvalue weighted by Crippen LogP contribution is 2.20. The van der Waals surface area contributed by atoms with Crippen LogP contribution in [0, 0.1) is 0 Å². The summed E-state index contributed by atoms with van der Waals surface area (Å²) in [6, 6.07) is 3.61. The van der Waals surface area contributed by atoms with Crippen molar-refractivity contribution >= 4 is 29.3 Å². The molecular weight excluding hydrogens is 298 g/mol. The number of carbonyl (C=O) groups excluding carboxylic acids is 1. The van der Waals surface area contributed by atoms with E-state index in [4.69, 9.17) is 16.7 Å². The number of anilines is 1. The largest absolute Gasteiger partial charge is 0.478 e. The summed E-state index contributed by atoms with van der Waals surface area (Å²) < 4.78 is 1.51. The summed E-state index contributed by atoms with van der Waals surface area (Å²) in [6.07, 6.45) is 1.51. The number of halogens is 1. The van der Waals surface area contributed by atoms with Gasteiger partial charge in [-0.05, 0) is 18.2 Å². The van der Waals surface area contributed by atoms with Crippen molar-refractivity contribution < 1.29 is 14.7 Å². The molecule has 110 valence electrons. The molecular formula is C12H12ClN5O3. The number of nitrogens with zero attached hydrogens (tertiary/aromatic N) is 3. The van der Waals surface area contributed by atoms with Gasteiger partial charge in [-0.3, -0.25) is 4.68 Å². The lowest BCUT2D eigenvalue weighted by atomic mass is 10.2. The van der Waals surface area contributed by atoms with E-state index < -0.39 is 12.0 Å². The maximum absolute atomic E-state index is 11.7. The lowest BCUT2D eigenvalue weighted by molar-refractivity contribution is 0.0698. The first-order valence-electron chi connectivity index (χ1n) is 5.88. The van der Waals surface area contributed by atoms with E-state index in [0.29, 0.717) is 5.82 Å². The number of amides is 2. The van der Waals surface area contributed by atoms with Gasteiger partial charge in [0.25, 0.3) is 0 Å². The van der Waals surface area contributed by atoms with Crippen molar-refractivity contribution in [3.05, 3.63) is 40.9 Å². The van der Waals surface area contributed by atoms with E-state index in [9.17, 15) is 9.59 Å². The highest BCUT2D eigenvalue weighted by Gasteiger charge is 2.13. The van der Waals surface area contributed by atoms with Crippen LogP contribution in [0.25, 0.3) is 0 Å². The summed E-state index contributed by atoms with van der Waals surface area (Å²) >= 11 is 5.73. The Balaban J connectivity index is 2.01. The molecule has 1 aromatic carbocycles. The number of urea groups is 1. The number of carboxylic acids is 1. The number of hydrogen-bond acceptors (Lipinski definition) is 4. The van der Waals surface area contributed by atoms with Crippen LogP contribution in [0.5, 0.6) is 0 Å². The fourth-order valence-corrected chi connectivity index (χ4v) is 1.77. The molecule has 0 aliphatic carbocycles. The lowest BCUT2D eigenvalue weighted by Gasteiger charge is -2.09. The van der Waals surface area contributed by atoms with Gasteiger partial charge in [-0.15, -0.1) is 0 Å². The number of aryl methyl sites for hydroxylation is 1. The Morgan fingerprint density at radius 2 is 2.19 bits per heavy atom. The van der Waals surface area contributed by atoms with Crippen LogP contribution in [0.3, 0.4) is 0 Å². The quantitative estimate of drug-likeness (QED) is 0.792. The molecule has 0 spiro atoms. The highest BCUT2D eigenvalue weighted by molar-refractivity contribution is 6.31. The molecule has 2 aromatic rings. The summed E-state index contributed by atoms with van der Waals surface area (Å²) in [5.41, 5.74) is 0.0620. The predicted molar refractivity (Wildman–Crippen MR) is 75.3 cm³/mol. The standard InChI is InChI=1S/C12H12ClN5O3/c1-18-6-15-10(17-18)5-14-12(21)16-9-3-2-7(13)4-8(9)11(19)20/h2-4,6H,5H2,1H3,(H,19,20)(H2,14,16,21). The third kappa shape index (κ3) is 3.93. The first-order chi connectivity index (χ1) is 9.95. The number of hydrogen-bond donors (Lipinski definition) is 3. The molecule has 0 bridgehead atoms. The van der Waals surface area contributed by atoms with Gasteiger partial charge < -0.3 is 15.7 Å². The van der Waals surface area contributed by atoms with Gasteiger partial charge in [0.1, 0.15) is 6.33 Å². The minimum absolute atomic E-state index is 0.0892. The normalized spacial score (nSPS) is 10.2. The molecule has 0 fully saturated rings. The van der Waals surface area contributed by atoms with Crippen LogP contribution in [-0.4, -0.2) is 31.9 Å². The maximum atomic E-state index is 11.7. The third-order valence-corrected chi connectivity index (χ3v) is 2.75. The molecule has 1 aromatic heterocycles. The summed E-state index contributed by atoms with van der Waals surface area (Å²) in [5, 5.41) is 18.3. The Labute approximate surface area is 124 Å². The number of carboxylic acid groups (broad SMARTS) is 1. The van der Waals surface area contributed by atoms with Crippen molar-refractivity contribution in [2.45, 2.75) is 6.54 Å². The molecule has 0 radical (unpaired) electrons. The number of nitrogens with one attached hydrogen (secondary N) is 2. The first-order valence-corrected chi connectivity index (χ1v) is 6.25. The maximum Gasteiger partial charge on any atom is 0.337 e. The van der Waals surface area contributed by atoms with E-state index in [1.165, 1.54) is 29.2 Å². The number of rotatable bonds is 4.